The standard InChI is InChI=1S/C22H25N3O2/c1-3-4-5-6-17-14-20-19(25-21(17)23)12-11-18(24-20)13-15-7-9-16(10-8-15)22(26)27-2/h7-12,14H,3-6,13H2,1-2H3,(H2,23,25). The minimum Gasteiger partial charge on any atom is -0.465 e. The van der Waals surface area contributed by atoms with Gasteiger partial charge < -0.3 is 10.5 Å². The monoisotopic (exact) mass is 363 g/mol. The maximum atomic E-state index is 11.5. The summed E-state index contributed by atoms with van der Waals surface area (Å²) in [7, 11) is 1.38. The second-order valence-corrected chi connectivity index (χ2v) is 6.70. The molecule has 27 heavy (non-hydrogen) atoms. The molecule has 0 spiro atoms. The summed E-state index contributed by atoms with van der Waals surface area (Å²) >= 11 is 0. The van der Waals surface area contributed by atoms with E-state index in [4.69, 9.17) is 15.5 Å². The average molecular weight is 363 g/mol. The molecule has 0 fully saturated rings. The van der Waals surface area contributed by atoms with Crippen molar-refractivity contribution in [3.8, 4) is 0 Å². The van der Waals surface area contributed by atoms with E-state index in [0.717, 1.165) is 40.7 Å². The number of nitrogen functional groups attached to an aromatic ring is 1. The van der Waals surface area contributed by atoms with E-state index in [2.05, 4.69) is 18.0 Å². The summed E-state index contributed by atoms with van der Waals surface area (Å²) in [6.45, 7) is 2.19. The van der Waals surface area contributed by atoms with Crippen LogP contribution in [0.15, 0.2) is 42.5 Å². The van der Waals surface area contributed by atoms with E-state index in [1.54, 1.807) is 12.1 Å². The van der Waals surface area contributed by atoms with Crippen LogP contribution in [0.2, 0.25) is 0 Å². The molecule has 2 aromatic heterocycles. The van der Waals surface area contributed by atoms with Crippen LogP contribution >= 0.6 is 0 Å². The number of methoxy groups -OCH3 is 1. The van der Waals surface area contributed by atoms with Crippen molar-refractivity contribution in [3.63, 3.8) is 0 Å². The molecule has 0 radical (unpaired) electrons. The lowest BCUT2D eigenvalue weighted by atomic mass is 10.1. The van der Waals surface area contributed by atoms with Gasteiger partial charge in [0.15, 0.2) is 0 Å². The predicted molar refractivity (Wildman–Crippen MR) is 108 cm³/mol. The van der Waals surface area contributed by atoms with Crippen molar-refractivity contribution in [3.05, 3.63) is 64.8 Å². The number of fused-ring (bicyclic) bond motifs is 1. The summed E-state index contributed by atoms with van der Waals surface area (Å²) in [6, 6.07) is 13.4. The molecule has 5 heteroatoms. The molecule has 0 amide bonds. The van der Waals surface area contributed by atoms with E-state index >= 15 is 0 Å². The second-order valence-electron chi connectivity index (χ2n) is 6.70. The number of hydrogen-bond acceptors (Lipinski definition) is 5. The lowest BCUT2D eigenvalue weighted by Crippen LogP contribution is -2.02. The summed E-state index contributed by atoms with van der Waals surface area (Å²) < 4.78 is 4.73. The van der Waals surface area contributed by atoms with Crippen LogP contribution in [0.4, 0.5) is 5.82 Å². The molecule has 0 saturated carbocycles. The Morgan fingerprint density at radius 1 is 1.04 bits per heavy atom. The van der Waals surface area contributed by atoms with Gasteiger partial charge in [0.1, 0.15) is 5.82 Å². The maximum Gasteiger partial charge on any atom is 0.337 e. The molecule has 2 N–H and O–H groups in total. The molecule has 5 nitrogen and oxygen atoms in total. The number of benzene rings is 1. The zero-order valence-electron chi connectivity index (χ0n) is 15.9. The van der Waals surface area contributed by atoms with Gasteiger partial charge in [0.2, 0.25) is 0 Å². The van der Waals surface area contributed by atoms with Gasteiger partial charge in [-0.2, -0.15) is 0 Å². The number of anilines is 1. The van der Waals surface area contributed by atoms with E-state index in [0.29, 0.717) is 17.8 Å². The fraction of sp³-hybridized carbons (Fsp3) is 0.318. The first-order chi connectivity index (χ1) is 13.1. The van der Waals surface area contributed by atoms with Crippen LogP contribution in [0.25, 0.3) is 11.0 Å². The lowest BCUT2D eigenvalue weighted by Gasteiger charge is -2.08. The topological polar surface area (TPSA) is 78.1 Å². The number of aryl methyl sites for hydroxylation is 1. The Balaban J connectivity index is 1.80. The number of hydrogen-bond donors (Lipinski definition) is 1. The summed E-state index contributed by atoms with van der Waals surface area (Å²) in [5, 5.41) is 0. The van der Waals surface area contributed by atoms with Crippen molar-refractivity contribution in [1.82, 2.24) is 9.97 Å². The number of pyridine rings is 2. The summed E-state index contributed by atoms with van der Waals surface area (Å²) in [4.78, 5) is 20.8. The molecule has 3 aromatic rings. The Bertz CT molecular complexity index is 936. The predicted octanol–water partition coefficient (Wildman–Crippen LogP) is 4.32. The van der Waals surface area contributed by atoms with E-state index in [1.807, 2.05) is 24.3 Å². The normalized spacial score (nSPS) is 10.9. The van der Waals surface area contributed by atoms with Gasteiger partial charge in [0.25, 0.3) is 0 Å². The van der Waals surface area contributed by atoms with Crippen molar-refractivity contribution in [1.29, 1.82) is 0 Å². The van der Waals surface area contributed by atoms with Crippen LogP contribution < -0.4 is 5.73 Å². The quantitative estimate of drug-likeness (QED) is 0.499. The van der Waals surface area contributed by atoms with Crippen molar-refractivity contribution < 1.29 is 9.53 Å². The first-order valence-electron chi connectivity index (χ1n) is 9.33. The number of rotatable bonds is 7. The molecule has 1 aromatic carbocycles. The third-order valence-electron chi connectivity index (χ3n) is 4.65. The van der Waals surface area contributed by atoms with Crippen molar-refractivity contribution in [2.45, 2.75) is 39.0 Å². The van der Waals surface area contributed by atoms with Gasteiger partial charge in [-0.25, -0.2) is 9.78 Å². The molecule has 3 rings (SSSR count). The van der Waals surface area contributed by atoms with E-state index < -0.39 is 0 Å². The van der Waals surface area contributed by atoms with Crippen LogP contribution in [0.1, 0.15) is 53.4 Å². The van der Waals surface area contributed by atoms with Crippen molar-refractivity contribution in [2.75, 3.05) is 12.8 Å². The van der Waals surface area contributed by atoms with Crippen molar-refractivity contribution >= 4 is 22.8 Å². The molecule has 0 atom stereocenters. The Morgan fingerprint density at radius 3 is 2.52 bits per heavy atom. The number of carbonyl (C=O) groups excluding carboxylic acids is 1. The van der Waals surface area contributed by atoms with Gasteiger partial charge in [-0.3, -0.25) is 4.98 Å². The third-order valence-corrected chi connectivity index (χ3v) is 4.65. The molecule has 140 valence electrons. The highest BCUT2D eigenvalue weighted by Crippen LogP contribution is 2.20. The number of ether oxygens (including phenoxy) is 1. The fourth-order valence-electron chi connectivity index (χ4n) is 3.10. The number of unbranched alkanes of at least 4 members (excludes halogenated alkanes) is 2. The molecule has 0 aliphatic rings. The van der Waals surface area contributed by atoms with E-state index in [1.165, 1.54) is 20.0 Å². The van der Waals surface area contributed by atoms with E-state index in [9.17, 15) is 4.79 Å². The highest BCUT2D eigenvalue weighted by atomic mass is 16.5. The smallest absolute Gasteiger partial charge is 0.337 e. The Labute approximate surface area is 159 Å². The number of nitrogens with two attached hydrogens (primary N) is 1. The van der Waals surface area contributed by atoms with Crippen LogP contribution in [0.3, 0.4) is 0 Å². The first kappa shape index (κ1) is 18.8. The van der Waals surface area contributed by atoms with Gasteiger partial charge in [0.05, 0.1) is 23.7 Å². The Morgan fingerprint density at radius 2 is 1.81 bits per heavy atom. The van der Waals surface area contributed by atoms with Gasteiger partial charge in [0, 0.05) is 12.1 Å². The molecule has 2 heterocycles. The molecule has 0 bridgehead atoms. The largest absolute Gasteiger partial charge is 0.465 e. The third kappa shape index (κ3) is 4.61. The minimum absolute atomic E-state index is 0.329. The van der Waals surface area contributed by atoms with Crippen LogP contribution in [0.5, 0.6) is 0 Å². The van der Waals surface area contributed by atoms with Gasteiger partial charge >= 0.3 is 5.97 Å². The minimum atomic E-state index is -0.329. The molecule has 0 unspecified atom stereocenters. The lowest BCUT2D eigenvalue weighted by molar-refractivity contribution is 0.0600. The van der Waals surface area contributed by atoms with Crippen LogP contribution in [0, 0.1) is 0 Å². The highest BCUT2D eigenvalue weighted by molar-refractivity contribution is 5.89. The Hall–Kier alpha value is -2.95. The van der Waals surface area contributed by atoms with Crippen LogP contribution in [-0.4, -0.2) is 23.0 Å². The zero-order chi connectivity index (χ0) is 19.2. The number of esters is 1. The fourth-order valence-corrected chi connectivity index (χ4v) is 3.10. The van der Waals surface area contributed by atoms with E-state index in [-0.39, 0.29) is 5.97 Å². The summed E-state index contributed by atoms with van der Waals surface area (Å²) in [5.74, 6) is 0.274. The summed E-state index contributed by atoms with van der Waals surface area (Å²) in [6.07, 6.45) is 5.10. The average Bonchev–Trinajstić information content (AvgIpc) is 2.69. The van der Waals surface area contributed by atoms with Crippen LogP contribution in [-0.2, 0) is 17.6 Å². The highest BCUT2D eigenvalue weighted by Gasteiger charge is 2.08. The summed E-state index contributed by atoms with van der Waals surface area (Å²) in [5.41, 5.74) is 11.5. The molecule has 0 aliphatic carbocycles. The maximum absolute atomic E-state index is 11.5. The first-order valence-corrected chi connectivity index (χ1v) is 9.33. The zero-order valence-corrected chi connectivity index (χ0v) is 15.9. The number of carbonyl (C=O) groups is 1. The van der Waals surface area contributed by atoms with Gasteiger partial charge in [-0.05, 0) is 54.3 Å². The SMILES string of the molecule is CCCCCc1cc2nc(Cc3ccc(C(=O)OC)cc3)ccc2nc1N. The number of aromatic nitrogens is 2. The molecular formula is C22H25N3O2. The Kier molecular flexibility index (Phi) is 6.01. The number of nitrogens with zero attached hydrogens (tertiary/aromatic N) is 2. The molecule has 0 aliphatic heterocycles. The van der Waals surface area contributed by atoms with Gasteiger partial charge in [-0.15, -0.1) is 0 Å². The van der Waals surface area contributed by atoms with Gasteiger partial charge in [-0.1, -0.05) is 31.9 Å². The second kappa shape index (κ2) is 8.62. The molecule has 0 saturated heterocycles. The molecular weight excluding hydrogens is 338 g/mol. The van der Waals surface area contributed by atoms with Crippen molar-refractivity contribution in [2.24, 2.45) is 0 Å².